The van der Waals surface area contributed by atoms with Crippen LogP contribution in [0.5, 0.6) is 5.75 Å². The van der Waals surface area contributed by atoms with Gasteiger partial charge >= 0.3 is 6.09 Å². The van der Waals surface area contributed by atoms with Crippen molar-refractivity contribution in [2.75, 3.05) is 13.2 Å². The van der Waals surface area contributed by atoms with Crippen molar-refractivity contribution in [3.63, 3.8) is 0 Å². The molecule has 2 heterocycles. The Morgan fingerprint density at radius 2 is 2.09 bits per heavy atom. The zero-order chi connectivity index (χ0) is 22.8. The van der Waals surface area contributed by atoms with Crippen molar-refractivity contribution in [1.29, 1.82) is 0 Å². The van der Waals surface area contributed by atoms with Crippen molar-refractivity contribution in [1.82, 2.24) is 10.2 Å². The van der Waals surface area contributed by atoms with Gasteiger partial charge in [-0.3, -0.25) is 14.9 Å². The first-order valence-electron chi connectivity index (χ1n) is 9.92. The van der Waals surface area contributed by atoms with Gasteiger partial charge in [0.1, 0.15) is 24.0 Å². The number of amides is 2. The highest BCUT2D eigenvalue weighted by Crippen LogP contribution is 2.35. The summed E-state index contributed by atoms with van der Waals surface area (Å²) >= 11 is 9.18. The van der Waals surface area contributed by atoms with Crippen molar-refractivity contribution >= 4 is 45.2 Å². The molecule has 0 bridgehead atoms. The van der Waals surface area contributed by atoms with Gasteiger partial charge < -0.3 is 19.7 Å². The summed E-state index contributed by atoms with van der Waals surface area (Å²) in [4.78, 5) is 37.1. The molecule has 11 heteroatoms. The highest BCUT2D eigenvalue weighted by atomic mass is 79.9. The average Bonchev–Trinajstić information content (AvgIpc) is 3.14. The van der Waals surface area contributed by atoms with Crippen molar-refractivity contribution in [2.24, 2.45) is 0 Å². The Labute approximate surface area is 196 Å². The van der Waals surface area contributed by atoms with E-state index in [4.69, 9.17) is 21.1 Å². The SMILES string of the molecule is O=C(NCc1ccc(Cl)cc1)c1cc(O[C@H]2CCN3C(=O)OC[C@@H]3C2)c(Br)cc1[N+](=O)[O-]. The van der Waals surface area contributed by atoms with E-state index in [2.05, 4.69) is 21.2 Å². The van der Waals surface area contributed by atoms with Gasteiger partial charge in [-0.2, -0.15) is 0 Å². The van der Waals surface area contributed by atoms with Crippen LogP contribution in [0.2, 0.25) is 5.02 Å². The summed E-state index contributed by atoms with van der Waals surface area (Å²) in [5.74, 6) is -0.260. The average molecular weight is 525 g/mol. The molecule has 2 aromatic rings. The molecule has 2 amide bonds. The van der Waals surface area contributed by atoms with Gasteiger partial charge in [-0.25, -0.2) is 4.79 Å². The molecule has 2 aliphatic rings. The minimum absolute atomic E-state index is 0.0554. The van der Waals surface area contributed by atoms with Crippen molar-refractivity contribution in [3.8, 4) is 5.75 Å². The molecule has 0 aromatic heterocycles. The van der Waals surface area contributed by atoms with Gasteiger partial charge in [-0.1, -0.05) is 23.7 Å². The van der Waals surface area contributed by atoms with E-state index < -0.39 is 10.8 Å². The normalized spacial score (nSPS) is 19.8. The first-order valence-corrected chi connectivity index (χ1v) is 11.1. The third-order valence-electron chi connectivity index (χ3n) is 5.45. The molecule has 32 heavy (non-hydrogen) atoms. The van der Waals surface area contributed by atoms with Crippen LogP contribution in [0.15, 0.2) is 40.9 Å². The number of carbonyl (C=O) groups excluding carboxylic acids is 2. The lowest BCUT2D eigenvalue weighted by Gasteiger charge is -2.32. The lowest BCUT2D eigenvalue weighted by molar-refractivity contribution is -0.385. The number of nitro benzene ring substituents is 1. The molecule has 2 aromatic carbocycles. The van der Waals surface area contributed by atoms with Crippen molar-refractivity contribution in [3.05, 3.63) is 67.1 Å². The minimum Gasteiger partial charge on any atom is -0.489 e. The summed E-state index contributed by atoms with van der Waals surface area (Å²) < 4.78 is 11.5. The molecular weight excluding hydrogens is 506 g/mol. The van der Waals surface area contributed by atoms with E-state index >= 15 is 0 Å². The van der Waals surface area contributed by atoms with E-state index in [0.29, 0.717) is 41.2 Å². The molecule has 2 atom stereocenters. The third kappa shape index (κ3) is 4.81. The molecular formula is C21H19BrClN3O6. The van der Waals surface area contributed by atoms with E-state index in [1.165, 1.54) is 12.1 Å². The summed E-state index contributed by atoms with van der Waals surface area (Å²) in [7, 11) is 0. The monoisotopic (exact) mass is 523 g/mol. The van der Waals surface area contributed by atoms with E-state index in [1.54, 1.807) is 29.2 Å². The number of nitro groups is 1. The lowest BCUT2D eigenvalue weighted by Crippen LogP contribution is -2.44. The second-order valence-electron chi connectivity index (χ2n) is 7.55. The fourth-order valence-electron chi connectivity index (χ4n) is 3.80. The topological polar surface area (TPSA) is 111 Å². The first-order chi connectivity index (χ1) is 15.3. The predicted molar refractivity (Wildman–Crippen MR) is 119 cm³/mol. The maximum atomic E-state index is 12.8. The van der Waals surface area contributed by atoms with E-state index in [1.807, 2.05) is 0 Å². The fraction of sp³-hybridized carbons (Fsp3) is 0.333. The van der Waals surface area contributed by atoms with Crippen LogP contribution in [0.1, 0.15) is 28.8 Å². The number of fused-ring (bicyclic) bond motifs is 1. The Hall–Kier alpha value is -2.85. The number of halogens is 2. The van der Waals surface area contributed by atoms with E-state index in [0.717, 1.165) is 5.56 Å². The van der Waals surface area contributed by atoms with Crippen LogP contribution in [0.25, 0.3) is 0 Å². The van der Waals surface area contributed by atoms with Gasteiger partial charge in [0.05, 0.1) is 15.4 Å². The van der Waals surface area contributed by atoms with Gasteiger partial charge in [0.25, 0.3) is 11.6 Å². The van der Waals surface area contributed by atoms with Gasteiger partial charge in [-0.15, -0.1) is 0 Å². The molecule has 168 valence electrons. The van der Waals surface area contributed by atoms with Crippen LogP contribution in [-0.2, 0) is 11.3 Å². The third-order valence-corrected chi connectivity index (χ3v) is 6.32. The number of carbonyl (C=O) groups is 2. The zero-order valence-electron chi connectivity index (χ0n) is 16.8. The van der Waals surface area contributed by atoms with Crippen LogP contribution in [0.3, 0.4) is 0 Å². The molecule has 0 saturated carbocycles. The van der Waals surface area contributed by atoms with Crippen LogP contribution in [0, 0.1) is 10.1 Å². The fourth-order valence-corrected chi connectivity index (χ4v) is 4.35. The molecule has 0 aliphatic carbocycles. The summed E-state index contributed by atoms with van der Waals surface area (Å²) in [6.07, 6.45) is 0.638. The minimum atomic E-state index is -0.605. The van der Waals surface area contributed by atoms with Crippen LogP contribution < -0.4 is 10.1 Å². The molecule has 2 aliphatic heterocycles. The second-order valence-corrected chi connectivity index (χ2v) is 8.85. The highest BCUT2D eigenvalue weighted by Gasteiger charge is 2.39. The number of piperidine rings is 1. The number of benzene rings is 2. The number of nitrogens with zero attached hydrogens (tertiary/aromatic N) is 2. The van der Waals surface area contributed by atoms with Crippen molar-refractivity contribution in [2.45, 2.75) is 31.5 Å². The molecule has 9 nitrogen and oxygen atoms in total. The molecule has 1 N–H and O–H groups in total. The Kier molecular flexibility index (Phi) is 6.52. The summed E-state index contributed by atoms with van der Waals surface area (Å²) in [5.41, 5.74) is 0.375. The maximum Gasteiger partial charge on any atom is 0.410 e. The van der Waals surface area contributed by atoms with E-state index in [9.17, 15) is 19.7 Å². The molecule has 0 spiro atoms. The molecule has 0 radical (unpaired) electrons. The number of ether oxygens (including phenoxy) is 2. The Balaban J connectivity index is 1.50. The number of cyclic esters (lactones) is 1. The number of hydrogen-bond donors (Lipinski definition) is 1. The summed E-state index contributed by atoms with van der Waals surface area (Å²) in [6.45, 7) is 1.01. The number of rotatable bonds is 6. The van der Waals surface area contributed by atoms with Crippen LogP contribution >= 0.6 is 27.5 Å². The Morgan fingerprint density at radius 3 is 2.81 bits per heavy atom. The van der Waals surface area contributed by atoms with Gasteiger partial charge in [0.15, 0.2) is 0 Å². The van der Waals surface area contributed by atoms with Gasteiger partial charge in [-0.05, 0) is 33.6 Å². The molecule has 0 unspecified atom stereocenters. The smallest absolute Gasteiger partial charge is 0.410 e. The quantitative estimate of drug-likeness (QED) is 0.445. The van der Waals surface area contributed by atoms with Gasteiger partial charge in [0.2, 0.25) is 0 Å². The zero-order valence-corrected chi connectivity index (χ0v) is 19.1. The lowest BCUT2D eigenvalue weighted by atomic mass is 10.0. The standard InChI is InChI=1S/C21H19BrClN3O6/c22-17-9-18(26(29)30)16(20(27)24-10-12-1-3-13(23)4-2-12)8-19(17)32-15-5-6-25-14(7-15)11-31-21(25)28/h1-4,8-9,14-15H,5-7,10-11H2,(H,24,27)/t14-,15-/m0/s1. The number of hydrogen-bond acceptors (Lipinski definition) is 6. The van der Waals surface area contributed by atoms with Gasteiger partial charge in [0, 0.05) is 43.1 Å². The van der Waals surface area contributed by atoms with Crippen LogP contribution in [-0.4, -0.2) is 47.1 Å². The molecule has 4 rings (SSSR count). The van der Waals surface area contributed by atoms with Crippen LogP contribution in [0.4, 0.5) is 10.5 Å². The largest absolute Gasteiger partial charge is 0.489 e. The first kappa shape index (κ1) is 22.3. The van der Waals surface area contributed by atoms with E-state index in [-0.39, 0.29) is 36.0 Å². The molecule has 2 saturated heterocycles. The van der Waals surface area contributed by atoms with Crippen molar-refractivity contribution < 1.29 is 24.0 Å². The summed E-state index contributed by atoms with van der Waals surface area (Å²) in [6, 6.07) is 9.51. The predicted octanol–water partition coefficient (Wildman–Crippen LogP) is 4.30. The highest BCUT2D eigenvalue weighted by molar-refractivity contribution is 9.10. The summed E-state index contributed by atoms with van der Waals surface area (Å²) in [5, 5.41) is 14.8. The Morgan fingerprint density at radius 1 is 1.34 bits per heavy atom. The maximum absolute atomic E-state index is 12.8. The second kappa shape index (κ2) is 9.33. The Bertz CT molecular complexity index is 1060. The molecule has 2 fully saturated rings. The number of nitrogens with one attached hydrogen (secondary N) is 1.